The van der Waals surface area contributed by atoms with Crippen molar-refractivity contribution >= 4 is 17.8 Å². The maximum atomic E-state index is 12.8. The predicted octanol–water partition coefficient (Wildman–Crippen LogP) is 10.5. The molecule has 8 heteroatoms. The number of allylic oxidation sites excluding steroid dienone is 20. The predicted molar refractivity (Wildman–Crippen MR) is 239 cm³/mol. The number of unbranched alkanes of at least 4 members (excludes halogenated alkanes) is 3. The molecular formula is C49H76N2O6. The Morgan fingerprint density at radius 3 is 1.25 bits per heavy atom. The Balaban J connectivity index is 4.29. The first kappa shape index (κ1) is 52.7. The number of esters is 1. The lowest BCUT2D eigenvalue weighted by atomic mass is 10.1. The normalized spacial score (nSPS) is 13.4. The fraction of sp³-hybridized carbons (Fsp3) is 0.531. The Labute approximate surface area is 346 Å². The molecule has 4 N–H and O–H groups in total. The summed E-state index contributed by atoms with van der Waals surface area (Å²) in [5.41, 5.74) is 0. The van der Waals surface area contributed by atoms with E-state index >= 15 is 0 Å². The summed E-state index contributed by atoms with van der Waals surface area (Å²) in [6, 6.07) is -0.897. The molecule has 57 heavy (non-hydrogen) atoms. The van der Waals surface area contributed by atoms with E-state index in [1.54, 1.807) is 0 Å². The van der Waals surface area contributed by atoms with E-state index in [0.29, 0.717) is 38.6 Å². The van der Waals surface area contributed by atoms with Gasteiger partial charge in [0.1, 0.15) is 12.1 Å². The van der Waals surface area contributed by atoms with Crippen molar-refractivity contribution in [1.82, 2.24) is 10.6 Å². The minimum absolute atomic E-state index is 0.00661. The van der Waals surface area contributed by atoms with Crippen LogP contribution in [0.5, 0.6) is 0 Å². The zero-order chi connectivity index (χ0) is 41.7. The van der Waals surface area contributed by atoms with Crippen molar-refractivity contribution < 1.29 is 29.3 Å². The van der Waals surface area contributed by atoms with Gasteiger partial charge in [0.2, 0.25) is 11.8 Å². The van der Waals surface area contributed by atoms with Gasteiger partial charge < -0.3 is 25.6 Å². The quantitative estimate of drug-likeness (QED) is 0.0285. The highest BCUT2D eigenvalue weighted by atomic mass is 16.6. The van der Waals surface area contributed by atoms with E-state index in [0.717, 1.165) is 83.5 Å². The smallest absolute Gasteiger partial charge is 0.329 e. The standard InChI is InChI=1S/C49H76N2O6/c1-3-5-7-9-11-13-15-17-19-21-23-25-27-29-31-33-35-40-47(54)50-42-38-37-39-46(49(56)57-45(43-52)44-53)51-48(55)41-36-34-32-30-28-26-24-22-20-18-16-14-12-10-8-6-4-2/h5-8,11-14,17-20,23-26,29-32,45-46,52-53H,3-4,9-10,15-16,21-22,27-28,33-44H2,1-2H3,(H,50,54)(H,51,55). The van der Waals surface area contributed by atoms with Gasteiger partial charge in [0.15, 0.2) is 0 Å². The van der Waals surface area contributed by atoms with E-state index in [2.05, 4.69) is 146 Å². The van der Waals surface area contributed by atoms with Crippen LogP contribution in [0, 0.1) is 0 Å². The van der Waals surface area contributed by atoms with Gasteiger partial charge in [0.05, 0.1) is 13.2 Å². The summed E-state index contributed by atoms with van der Waals surface area (Å²) < 4.78 is 5.20. The van der Waals surface area contributed by atoms with Crippen LogP contribution in [-0.2, 0) is 19.1 Å². The first-order valence-electron chi connectivity index (χ1n) is 21.5. The van der Waals surface area contributed by atoms with Gasteiger partial charge in [-0.3, -0.25) is 9.59 Å². The summed E-state index contributed by atoms with van der Waals surface area (Å²) in [7, 11) is 0. The molecule has 0 aliphatic heterocycles. The SMILES string of the molecule is CCC=CCC=CCC=CCC=CCC=CCCCC(=O)NCCCCC(NC(=O)CCCC=CCC=CCC=CCC=CCC=CCC)C(=O)OC(CO)CO. The third-order valence-corrected chi connectivity index (χ3v) is 8.42. The van der Waals surface area contributed by atoms with Gasteiger partial charge in [0, 0.05) is 19.4 Å². The second kappa shape index (κ2) is 42.9. The molecule has 0 aliphatic carbocycles. The lowest BCUT2D eigenvalue weighted by Gasteiger charge is -2.20. The molecule has 0 rings (SSSR count). The first-order valence-corrected chi connectivity index (χ1v) is 21.5. The summed E-state index contributed by atoms with van der Waals surface area (Å²) in [5, 5.41) is 24.4. The fourth-order valence-corrected chi connectivity index (χ4v) is 5.18. The number of aliphatic hydroxyl groups excluding tert-OH is 2. The van der Waals surface area contributed by atoms with E-state index < -0.39 is 31.3 Å². The highest BCUT2D eigenvalue weighted by Gasteiger charge is 2.24. The van der Waals surface area contributed by atoms with Crippen LogP contribution in [0.25, 0.3) is 0 Å². The van der Waals surface area contributed by atoms with Crippen LogP contribution >= 0.6 is 0 Å². The number of amides is 2. The van der Waals surface area contributed by atoms with Crippen LogP contribution in [0.4, 0.5) is 0 Å². The molecule has 0 aromatic heterocycles. The molecule has 0 saturated carbocycles. The number of hydrogen-bond donors (Lipinski definition) is 4. The van der Waals surface area contributed by atoms with Crippen LogP contribution in [0.15, 0.2) is 122 Å². The van der Waals surface area contributed by atoms with E-state index in [-0.39, 0.29) is 18.2 Å². The second-order valence-electron chi connectivity index (χ2n) is 13.6. The van der Waals surface area contributed by atoms with Crippen molar-refractivity contribution in [2.45, 2.75) is 148 Å². The lowest BCUT2D eigenvalue weighted by molar-refractivity contribution is -0.157. The number of carbonyl (C=O) groups is 3. The molecule has 2 amide bonds. The second-order valence-corrected chi connectivity index (χ2v) is 13.6. The summed E-state index contributed by atoms with van der Waals surface area (Å²) in [4.78, 5) is 37.7. The zero-order valence-electron chi connectivity index (χ0n) is 35.3. The van der Waals surface area contributed by atoms with E-state index in [1.165, 1.54) is 0 Å². The van der Waals surface area contributed by atoms with Crippen molar-refractivity contribution in [1.29, 1.82) is 0 Å². The Kier molecular flexibility index (Phi) is 39.7. The molecule has 8 nitrogen and oxygen atoms in total. The monoisotopic (exact) mass is 789 g/mol. The van der Waals surface area contributed by atoms with Crippen LogP contribution in [-0.4, -0.2) is 59.9 Å². The molecule has 0 aliphatic rings. The largest absolute Gasteiger partial charge is 0.456 e. The van der Waals surface area contributed by atoms with E-state index in [1.807, 2.05) is 0 Å². The van der Waals surface area contributed by atoms with Crippen molar-refractivity contribution in [3.05, 3.63) is 122 Å². The highest BCUT2D eigenvalue weighted by molar-refractivity contribution is 5.84. The molecule has 1 unspecified atom stereocenters. The van der Waals surface area contributed by atoms with Crippen LogP contribution < -0.4 is 10.6 Å². The molecule has 0 saturated heterocycles. The van der Waals surface area contributed by atoms with E-state index in [4.69, 9.17) is 4.74 Å². The molecule has 0 aromatic carbocycles. The fourth-order valence-electron chi connectivity index (χ4n) is 5.18. The molecule has 0 radical (unpaired) electrons. The summed E-state index contributed by atoms with van der Waals surface area (Å²) in [6.07, 6.45) is 56.9. The van der Waals surface area contributed by atoms with Gasteiger partial charge in [0.25, 0.3) is 0 Å². The van der Waals surface area contributed by atoms with Crippen LogP contribution in [0.2, 0.25) is 0 Å². The van der Waals surface area contributed by atoms with Crippen LogP contribution in [0.3, 0.4) is 0 Å². The first-order chi connectivity index (χ1) is 28.0. The molecule has 1 atom stereocenters. The van der Waals surface area contributed by atoms with Gasteiger partial charge in [-0.05, 0) is 109 Å². The molecule has 0 bridgehead atoms. The lowest BCUT2D eigenvalue weighted by Crippen LogP contribution is -2.44. The zero-order valence-corrected chi connectivity index (χ0v) is 35.3. The van der Waals surface area contributed by atoms with Gasteiger partial charge >= 0.3 is 5.97 Å². The Morgan fingerprint density at radius 1 is 0.491 bits per heavy atom. The van der Waals surface area contributed by atoms with Crippen molar-refractivity contribution in [3.63, 3.8) is 0 Å². The summed E-state index contributed by atoms with van der Waals surface area (Å²) >= 11 is 0. The van der Waals surface area contributed by atoms with Gasteiger partial charge in [-0.15, -0.1) is 0 Å². The number of aliphatic hydroxyl groups is 2. The van der Waals surface area contributed by atoms with E-state index in [9.17, 15) is 24.6 Å². The summed E-state index contributed by atoms with van der Waals surface area (Å²) in [5.74, 6) is -0.948. The van der Waals surface area contributed by atoms with Gasteiger partial charge in [-0.2, -0.15) is 0 Å². The molecular weight excluding hydrogens is 713 g/mol. The minimum Gasteiger partial charge on any atom is -0.456 e. The number of carbonyl (C=O) groups excluding carboxylic acids is 3. The summed E-state index contributed by atoms with van der Waals surface area (Å²) in [6.45, 7) is 3.73. The topological polar surface area (TPSA) is 125 Å². The number of ether oxygens (including phenoxy) is 1. The highest BCUT2D eigenvalue weighted by Crippen LogP contribution is 2.08. The Hall–Kier alpha value is -4.27. The Bertz CT molecular complexity index is 1300. The maximum Gasteiger partial charge on any atom is 0.329 e. The van der Waals surface area contributed by atoms with Crippen molar-refractivity contribution in [2.75, 3.05) is 19.8 Å². The molecule has 0 aromatic rings. The van der Waals surface area contributed by atoms with Crippen molar-refractivity contribution in [3.8, 4) is 0 Å². The third kappa shape index (κ3) is 38.4. The number of nitrogens with one attached hydrogen (secondary N) is 2. The molecule has 0 heterocycles. The minimum atomic E-state index is -1.04. The molecule has 0 spiro atoms. The van der Waals surface area contributed by atoms with Crippen LogP contribution in [0.1, 0.15) is 136 Å². The number of hydrogen-bond acceptors (Lipinski definition) is 6. The Morgan fingerprint density at radius 2 is 0.860 bits per heavy atom. The van der Waals surface area contributed by atoms with Gasteiger partial charge in [-0.1, -0.05) is 135 Å². The van der Waals surface area contributed by atoms with Gasteiger partial charge in [-0.25, -0.2) is 4.79 Å². The average molecular weight is 789 g/mol. The maximum absolute atomic E-state index is 12.8. The third-order valence-electron chi connectivity index (χ3n) is 8.42. The molecule has 318 valence electrons. The van der Waals surface area contributed by atoms with Crippen molar-refractivity contribution in [2.24, 2.45) is 0 Å². The number of rotatable bonds is 36. The molecule has 0 fully saturated rings. The average Bonchev–Trinajstić information content (AvgIpc) is 3.21.